The van der Waals surface area contributed by atoms with Gasteiger partial charge in [-0.1, -0.05) is 30.3 Å². The number of hydrogen-bond acceptors (Lipinski definition) is 1. The standard InChI is InChI=1S/C10H14ClO3P/c1-10(11,15(12,13)14)8-7-9-5-3-2-4-6-9/h2-6H,7-8H2,1H3,(H2,12,13,14). The molecule has 1 aromatic carbocycles. The number of halogens is 1. The lowest BCUT2D eigenvalue weighted by Gasteiger charge is -2.22. The van der Waals surface area contributed by atoms with E-state index in [-0.39, 0.29) is 6.42 Å². The molecule has 0 spiro atoms. The number of hydrogen-bond donors (Lipinski definition) is 2. The number of benzene rings is 1. The Morgan fingerprint density at radius 3 is 2.33 bits per heavy atom. The molecule has 15 heavy (non-hydrogen) atoms. The second kappa shape index (κ2) is 4.67. The lowest BCUT2D eigenvalue weighted by Crippen LogP contribution is -2.17. The normalized spacial score (nSPS) is 16.0. The Kier molecular flexibility index (Phi) is 3.96. The fraction of sp³-hybridized carbons (Fsp3) is 0.400. The molecule has 0 aliphatic carbocycles. The summed E-state index contributed by atoms with van der Waals surface area (Å²) < 4.78 is 9.57. The van der Waals surface area contributed by atoms with Crippen molar-refractivity contribution in [3.63, 3.8) is 0 Å². The van der Waals surface area contributed by atoms with E-state index in [1.807, 2.05) is 30.3 Å². The monoisotopic (exact) mass is 248 g/mol. The van der Waals surface area contributed by atoms with Crippen molar-refractivity contribution in [2.45, 2.75) is 24.4 Å². The minimum Gasteiger partial charge on any atom is -0.323 e. The minimum atomic E-state index is -4.24. The fourth-order valence-corrected chi connectivity index (χ4v) is 1.66. The molecular weight excluding hydrogens is 235 g/mol. The van der Waals surface area contributed by atoms with Crippen LogP contribution in [0.3, 0.4) is 0 Å². The average Bonchev–Trinajstić information content (AvgIpc) is 2.15. The molecule has 0 amide bonds. The van der Waals surface area contributed by atoms with E-state index in [0.717, 1.165) is 5.56 Å². The molecule has 0 saturated carbocycles. The Morgan fingerprint density at radius 2 is 1.87 bits per heavy atom. The first kappa shape index (κ1) is 12.7. The third-order valence-corrected chi connectivity index (χ3v) is 4.61. The molecule has 1 rings (SSSR count). The van der Waals surface area contributed by atoms with Crippen LogP contribution in [-0.2, 0) is 11.0 Å². The third-order valence-electron chi connectivity index (χ3n) is 2.32. The van der Waals surface area contributed by atoms with Crippen LogP contribution in [0.4, 0.5) is 0 Å². The molecule has 0 radical (unpaired) electrons. The summed E-state index contributed by atoms with van der Waals surface area (Å²) in [5.74, 6) is 0. The van der Waals surface area contributed by atoms with Crippen molar-refractivity contribution in [2.24, 2.45) is 0 Å². The summed E-state index contributed by atoms with van der Waals surface area (Å²) in [6.07, 6.45) is 0.814. The summed E-state index contributed by atoms with van der Waals surface area (Å²) in [6.45, 7) is 1.37. The lowest BCUT2D eigenvalue weighted by molar-refractivity contribution is 0.349. The van der Waals surface area contributed by atoms with E-state index in [0.29, 0.717) is 6.42 Å². The molecule has 1 aromatic rings. The van der Waals surface area contributed by atoms with Gasteiger partial charge in [0.1, 0.15) is 4.62 Å². The highest BCUT2D eigenvalue weighted by molar-refractivity contribution is 7.55. The molecule has 2 N–H and O–H groups in total. The van der Waals surface area contributed by atoms with Gasteiger partial charge in [0.2, 0.25) is 0 Å². The molecule has 1 atom stereocenters. The Bertz CT molecular complexity index is 358. The van der Waals surface area contributed by atoms with Gasteiger partial charge in [-0.05, 0) is 25.3 Å². The van der Waals surface area contributed by atoms with Gasteiger partial charge in [0.15, 0.2) is 0 Å². The molecule has 0 aromatic heterocycles. The van der Waals surface area contributed by atoms with Gasteiger partial charge in [-0.3, -0.25) is 4.57 Å². The number of rotatable bonds is 4. The van der Waals surface area contributed by atoms with Crippen LogP contribution >= 0.6 is 19.2 Å². The van der Waals surface area contributed by atoms with Crippen molar-refractivity contribution in [1.82, 2.24) is 0 Å². The van der Waals surface area contributed by atoms with Crippen LogP contribution in [0.2, 0.25) is 0 Å². The quantitative estimate of drug-likeness (QED) is 0.636. The number of aryl methyl sites for hydroxylation is 1. The zero-order valence-corrected chi connectivity index (χ0v) is 10.1. The smallest absolute Gasteiger partial charge is 0.323 e. The first-order valence-electron chi connectivity index (χ1n) is 4.61. The molecule has 0 heterocycles. The molecule has 0 aliphatic rings. The number of alkyl halides is 1. The zero-order valence-electron chi connectivity index (χ0n) is 8.43. The van der Waals surface area contributed by atoms with Crippen molar-refractivity contribution in [3.8, 4) is 0 Å². The second-order valence-electron chi connectivity index (χ2n) is 3.67. The van der Waals surface area contributed by atoms with Gasteiger partial charge in [-0.2, -0.15) is 0 Å². The van der Waals surface area contributed by atoms with Gasteiger partial charge in [-0.25, -0.2) is 0 Å². The topological polar surface area (TPSA) is 57.5 Å². The van der Waals surface area contributed by atoms with Crippen LogP contribution in [0, 0.1) is 0 Å². The van der Waals surface area contributed by atoms with Crippen molar-refractivity contribution < 1.29 is 14.4 Å². The molecule has 0 bridgehead atoms. The van der Waals surface area contributed by atoms with Crippen LogP contribution < -0.4 is 0 Å². The average molecular weight is 249 g/mol. The minimum absolute atomic E-state index is 0.253. The summed E-state index contributed by atoms with van der Waals surface area (Å²) in [5, 5.41) is 0. The van der Waals surface area contributed by atoms with E-state index >= 15 is 0 Å². The van der Waals surface area contributed by atoms with E-state index in [4.69, 9.17) is 21.4 Å². The van der Waals surface area contributed by atoms with Gasteiger partial charge in [-0.15, -0.1) is 11.6 Å². The largest absolute Gasteiger partial charge is 0.346 e. The highest BCUT2D eigenvalue weighted by Gasteiger charge is 2.39. The fourth-order valence-electron chi connectivity index (χ4n) is 1.16. The zero-order chi connectivity index (χ0) is 11.5. The van der Waals surface area contributed by atoms with Gasteiger partial charge in [0.05, 0.1) is 0 Å². The summed E-state index contributed by atoms with van der Waals surface area (Å²) in [7, 11) is -4.24. The highest BCUT2D eigenvalue weighted by atomic mass is 35.5. The maximum absolute atomic E-state index is 11.0. The van der Waals surface area contributed by atoms with E-state index in [1.54, 1.807) is 0 Å². The summed E-state index contributed by atoms with van der Waals surface area (Å²) in [4.78, 5) is 18.0. The predicted octanol–water partition coefficient (Wildman–Crippen LogP) is 2.75. The molecule has 0 aliphatic heterocycles. The van der Waals surface area contributed by atoms with E-state index in [9.17, 15) is 4.57 Å². The van der Waals surface area contributed by atoms with Crippen LogP contribution in [0.15, 0.2) is 30.3 Å². The van der Waals surface area contributed by atoms with Crippen LogP contribution in [0.25, 0.3) is 0 Å². The van der Waals surface area contributed by atoms with Crippen molar-refractivity contribution in [2.75, 3.05) is 0 Å². The lowest BCUT2D eigenvalue weighted by atomic mass is 10.1. The Labute approximate surface area is 94.2 Å². The third kappa shape index (κ3) is 3.62. The summed E-state index contributed by atoms with van der Waals surface area (Å²) in [5.41, 5.74) is 1.03. The SMILES string of the molecule is CC(Cl)(CCc1ccccc1)P(=O)(O)O. The van der Waals surface area contributed by atoms with Crippen molar-refractivity contribution in [3.05, 3.63) is 35.9 Å². The van der Waals surface area contributed by atoms with Crippen molar-refractivity contribution in [1.29, 1.82) is 0 Å². The summed E-state index contributed by atoms with van der Waals surface area (Å²) in [6, 6.07) is 9.49. The van der Waals surface area contributed by atoms with Gasteiger partial charge < -0.3 is 9.79 Å². The van der Waals surface area contributed by atoms with E-state index in [1.165, 1.54) is 6.92 Å². The van der Waals surface area contributed by atoms with Crippen molar-refractivity contribution >= 4 is 19.2 Å². The first-order valence-corrected chi connectivity index (χ1v) is 6.60. The molecular formula is C10H14ClO3P. The molecule has 0 fully saturated rings. The van der Waals surface area contributed by atoms with Gasteiger partial charge in [0.25, 0.3) is 0 Å². The molecule has 0 saturated heterocycles. The molecule has 1 unspecified atom stereocenters. The van der Waals surface area contributed by atoms with E-state index in [2.05, 4.69) is 0 Å². The Morgan fingerprint density at radius 1 is 1.33 bits per heavy atom. The maximum Gasteiger partial charge on any atom is 0.346 e. The van der Waals surface area contributed by atoms with Crippen LogP contribution in [0.5, 0.6) is 0 Å². The molecule has 5 heteroatoms. The molecule has 84 valence electrons. The molecule has 3 nitrogen and oxygen atoms in total. The van der Waals surface area contributed by atoms with Gasteiger partial charge >= 0.3 is 7.60 Å². The van der Waals surface area contributed by atoms with E-state index < -0.39 is 12.2 Å². The first-order chi connectivity index (χ1) is 6.83. The second-order valence-corrected chi connectivity index (χ2v) is 6.84. The van der Waals surface area contributed by atoms with Crippen LogP contribution in [-0.4, -0.2) is 14.4 Å². The maximum atomic E-state index is 11.0. The van der Waals surface area contributed by atoms with Crippen LogP contribution in [0.1, 0.15) is 18.9 Å². The predicted molar refractivity (Wildman–Crippen MR) is 61.1 cm³/mol. The Balaban J connectivity index is 2.62. The summed E-state index contributed by atoms with van der Waals surface area (Å²) >= 11 is 5.80. The van der Waals surface area contributed by atoms with Gasteiger partial charge in [0, 0.05) is 0 Å². The Hall–Kier alpha value is -0.340. The highest BCUT2D eigenvalue weighted by Crippen LogP contribution is 2.55.